The van der Waals surface area contributed by atoms with Crippen LogP contribution in [0.15, 0.2) is 5.16 Å². The van der Waals surface area contributed by atoms with E-state index in [9.17, 15) is 0 Å². The second kappa shape index (κ2) is 7.09. The number of nitrogens with one attached hydrogen (secondary N) is 1. The normalized spacial score (nSPS) is 24.3. The summed E-state index contributed by atoms with van der Waals surface area (Å²) >= 11 is 1.87. The Morgan fingerprint density at radius 1 is 1.44 bits per heavy atom. The van der Waals surface area contributed by atoms with Gasteiger partial charge < -0.3 is 5.32 Å². The Balaban J connectivity index is 1.90. The lowest BCUT2D eigenvalue weighted by Gasteiger charge is -2.27. The summed E-state index contributed by atoms with van der Waals surface area (Å²) < 4.78 is 1.91. The fraction of sp³-hybridized carbons (Fsp3) is 0.917. The zero-order valence-corrected chi connectivity index (χ0v) is 12.1. The van der Waals surface area contributed by atoms with Gasteiger partial charge in [-0.2, -0.15) is 0 Å². The summed E-state index contributed by atoms with van der Waals surface area (Å²) in [6, 6.07) is 0. The van der Waals surface area contributed by atoms with Crippen molar-refractivity contribution < 1.29 is 0 Å². The van der Waals surface area contributed by atoms with Crippen LogP contribution in [0.1, 0.15) is 39.0 Å². The van der Waals surface area contributed by atoms with Gasteiger partial charge in [0.05, 0.1) is 6.54 Å². The minimum absolute atomic E-state index is 0.697. The Morgan fingerprint density at radius 3 is 3.11 bits per heavy atom. The van der Waals surface area contributed by atoms with Crippen LogP contribution in [0.4, 0.5) is 0 Å². The molecule has 6 heteroatoms. The number of hydrogen-bond donors (Lipinski definition) is 1. The van der Waals surface area contributed by atoms with E-state index in [0.29, 0.717) is 5.25 Å². The van der Waals surface area contributed by atoms with Crippen molar-refractivity contribution in [2.45, 2.75) is 56.0 Å². The molecule has 0 aromatic carbocycles. The molecule has 0 amide bonds. The number of thioether (sulfide) groups is 1. The van der Waals surface area contributed by atoms with Crippen LogP contribution in [0.2, 0.25) is 0 Å². The first-order valence-corrected chi connectivity index (χ1v) is 7.78. The van der Waals surface area contributed by atoms with Gasteiger partial charge in [0.1, 0.15) is 0 Å². The van der Waals surface area contributed by atoms with Crippen molar-refractivity contribution in [1.82, 2.24) is 25.5 Å². The number of tetrazole rings is 1. The minimum Gasteiger partial charge on any atom is -0.318 e. The molecule has 5 nitrogen and oxygen atoms in total. The molecule has 1 fully saturated rings. The molecule has 2 rings (SSSR count). The van der Waals surface area contributed by atoms with E-state index in [1.54, 1.807) is 0 Å². The van der Waals surface area contributed by atoms with Crippen molar-refractivity contribution in [2.75, 3.05) is 13.6 Å². The third kappa shape index (κ3) is 3.68. The molecule has 1 heterocycles. The molecular weight excluding hydrogens is 246 g/mol. The van der Waals surface area contributed by atoms with Gasteiger partial charge in [0, 0.05) is 11.8 Å². The highest BCUT2D eigenvalue weighted by atomic mass is 32.2. The average molecular weight is 269 g/mol. The van der Waals surface area contributed by atoms with Crippen LogP contribution in [-0.4, -0.2) is 39.0 Å². The van der Waals surface area contributed by atoms with Crippen molar-refractivity contribution in [3.8, 4) is 0 Å². The Kier molecular flexibility index (Phi) is 5.44. The van der Waals surface area contributed by atoms with Crippen LogP contribution < -0.4 is 5.32 Å². The molecule has 18 heavy (non-hydrogen) atoms. The van der Waals surface area contributed by atoms with Crippen LogP contribution in [-0.2, 0) is 6.54 Å². The molecule has 102 valence electrons. The van der Waals surface area contributed by atoms with Crippen molar-refractivity contribution in [2.24, 2.45) is 5.92 Å². The molecular formula is C12H23N5S. The number of likely N-dealkylation sites (N-methyl/N-ethyl adjacent to an activating group) is 1. The maximum Gasteiger partial charge on any atom is 0.209 e. The van der Waals surface area contributed by atoms with E-state index in [1.807, 2.05) is 23.5 Å². The molecule has 0 saturated heterocycles. The third-order valence-electron chi connectivity index (χ3n) is 3.66. The average Bonchev–Trinajstić information content (AvgIpc) is 2.84. The standard InChI is InChI=1S/C12H23N5S/c1-3-10-5-4-6-11(9-10)18-12-14-15-16-17(12)8-7-13-2/h10-11,13H,3-9H2,1-2H3. The number of nitrogens with zero attached hydrogens (tertiary/aromatic N) is 4. The SMILES string of the molecule is CCC1CCCC(Sc2nnnn2CCNC)C1. The number of hydrogen-bond acceptors (Lipinski definition) is 5. The topological polar surface area (TPSA) is 55.6 Å². The quantitative estimate of drug-likeness (QED) is 0.855. The number of aromatic nitrogens is 4. The van der Waals surface area contributed by atoms with Crippen LogP contribution in [0.3, 0.4) is 0 Å². The zero-order chi connectivity index (χ0) is 12.8. The van der Waals surface area contributed by atoms with Crippen LogP contribution in [0.5, 0.6) is 0 Å². The lowest BCUT2D eigenvalue weighted by molar-refractivity contribution is 0.357. The fourth-order valence-corrected chi connectivity index (χ4v) is 3.79. The van der Waals surface area contributed by atoms with Gasteiger partial charge in [0.15, 0.2) is 0 Å². The third-order valence-corrected chi connectivity index (χ3v) is 4.92. The van der Waals surface area contributed by atoms with Crippen LogP contribution in [0, 0.1) is 5.92 Å². The van der Waals surface area contributed by atoms with E-state index in [1.165, 1.54) is 32.1 Å². The Labute approximate surface area is 113 Å². The maximum absolute atomic E-state index is 4.15. The monoisotopic (exact) mass is 269 g/mol. The summed E-state index contributed by atoms with van der Waals surface area (Å²) in [6.07, 6.45) is 6.69. The molecule has 0 bridgehead atoms. The van der Waals surface area contributed by atoms with E-state index in [2.05, 4.69) is 27.8 Å². The molecule has 0 radical (unpaired) electrons. The summed E-state index contributed by atoms with van der Waals surface area (Å²) in [6.45, 7) is 4.05. The molecule has 2 atom stereocenters. The molecule has 2 unspecified atom stereocenters. The van der Waals surface area contributed by atoms with Gasteiger partial charge in [-0.3, -0.25) is 0 Å². The maximum atomic E-state index is 4.15. The smallest absolute Gasteiger partial charge is 0.209 e. The van der Waals surface area contributed by atoms with E-state index in [0.717, 1.165) is 24.2 Å². The predicted molar refractivity (Wildman–Crippen MR) is 73.6 cm³/mol. The van der Waals surface area contributed by atoms with E-state index in [4.69, 9.17) is 0 Å². The minimum atomic E-state index is 0.697. The van der Waals surface area contributed by atoms with Crippen molar-refractivity contribution in [1.29, 1.82) is 0 Å². The van der Waals surface area contributed by atoms with E-state index in [-0.39, 0.29) is 0 Å². The summed E-state index contributed by atoms with van der Waals surface area (Å²) in [5.74, 6) is 0.901. The molecule has 1 N–H and O–H groups in total. The Hall–Kier alpha value is -0.620. The Morgan fingerprint density at radius 2 is 2.33 bits per heavy atom. The highest BCUT2D eigenvalue weighted by Gasteiger charge is 2.23. The first-order valence-electron chi connectivity index (χ1n) is 6.91. The van der Waals surface area contributed by atoms with Crippen molar-refractivity contribution in [3.63, 3.8) is 0 Å². The fourth-order valence-electron chi connectivity index (χ4n) is 2.51. The lowest BCUT2D eigenvalue weighted by atomic mass is 9.87. The number of rotatable bonds is 6. The highest BCUT2D eigenvalue weighted by molar-refractivity contribution is 7.99. The molecule has 1 aromatic heterocycles. The van der Waals surface area contributed by atoms with Gasteiger partial charge in [0.2, 0.25) is 5.16 Å². The zero-order valence-electron chi connectivity index (χ0n) is 11.3. The summed E-state index contributed by atoms with van der Waals surface area (Å²) in [4.78, 5) is 0. The first-order chi connectivity index (χ1) is 8.83. The van der Waals surface area contributed by atoms with Gasteiger partial charge in [-0.15, -0.1) is 5.10 Å². The second-order valence-corrected chi connectivity index (χ2v) is 6.24. The van der Waals surface area contributed by atoms with Gasteiger partial charge in [0.25, 0.3) is 0 Å². The summed E-state index contributed by atoms with van der Waals surface area (Å²) in [5, 5.41) is 16.8. The van der Waals surface area contributed by atoms with E-state index < -0.39 is 0 Å². The van der Waals surface area contributed by atoms with Crippen molar-refractivity contribution >= 4 is 11.8 Å². The van der Waals surface area contributed by atoms with Crippen LogP contribution >= 0.6 is 11.8 Å². The second-order valence-electron chi connectivity index (χ2n) is 4.97. The summed E-state index contributed by atoms with van der Waals surface area (Å²) in [7, 11) is 1.95. The van der Waals surface area contributed by atoms with Gasteiger partial charge in [-0.1, -0.05) is 37.9 Å². The largest absolute Gasteiger partial charge is 0.318 e. The van der Waals surface area contributed by atoms with Gasteiger partial charge in [-0.05, 0) is 36.2 Å². The van der Waals surface area contributed by atoms with Crippen molar-refractivity contribution in [3.05, 3.63) is 0 Å². The van der Waals surface area contributed by atoms with Crippen LogP contribution in [0.25, 0.3) is 0 Å². The van der Waals surface area contributed by atoms with Gasteiger partial charge in [-0.25, -0.2) is 4.68 Å². The highest BCUT2D eigenvalue weighted by Crippen LogP contribution is 2.36. The molecule has 1 saturated carbocycles. The molecule has 1 aliphatic rings. The Bertz CT molecular complexity index is 354. The molecule has 0 spiro atoms. The molecule has 1 aliphatic carbocycles. The molecule has 0 aliphatic heterocycles. The van der Waals surface area contributed by atoms with E-state index >= 15 is 0 Å². The lowest BCUT2D eigenvalue weighted by Crippen LogP contribution is -2.19. The first kappa shape index (κ1) is 13.8. The van der Waals surface area contributed by atoms with Gasteiger partial charge >= 0.3 is 0 Å². The summed E-state index contributed by atoms with van der Waals surface area (Å²) in [5.41, 5.74) is 0. The molecule has 1 aromatic rings. The predicted octanol–water partition coefficient (Wildman–Crippen LogP) is 1.95.